The Balaban J connectivity index is 2.41. The molecular weight excluding hydrogens is 360 g/mol. The van der Waals surface area contributed by atoms with E-state index in [1.54, 1.807) is 0 Å². The van der Waals surface area contributed by atoms with Crippen molar-refractivity contribution in [2.24, 2.45) is 5.73 Å². The third kappa shape index (κ3) is 5.65. The number of carbonyl (C=O) groups is 3. The molecule has 1 unspecified atom stereocenters. The molecule has 0 saturated heterocycles. The van der Waals surface area contributed by atoms with Crippen molar-refractivity contribution in [2.75, 3.05) is 7.11 Å². The van der Waals surface area contributed by atoms with Gasteiger partial charge in [-0.3, -0.25) is 9.59 Å². The summed E-state index contributed by atoms with van der Waals surface area (Å²) < 4.78 is 5.01. The van der Waals surface area contributed by atoms with Crippen molar-refractivity contribution >= 4 is 17.8 Å². The number of hydrogen-bond acceptors (Lipinski definition) is 5. The summed E-state index contributed by atoms with van der Waals surface area (Å²) in [4.78, 5) is 36.3. The number of nitrogens with two attached hydrogens (primary N) is 1. The number of benzene rings is 2. The second kappa shape index (κ2) is 9.66. The minimum Gasteiger partial charge on any atom is -0.481 e. The van der Waals surface area contributed by atoms with Gasteiger partial charge >= 0.3 is 11.9 Å². The van der Waals surface area contributed by atoms with Crippen molar-refractivity contribution in [3.8, 4) is 0 Å². The highest BCUT2D eigenvalue weighted by atomic mass is 16.5. The second-order valence-electron chi connectivity index (χ2n) is 6.59. The Hall–Kier alpha value is -3.19. The van der Waals surface area contributed by atoms with E-state index >= 15 is 0 Å². The van der Waals surface area contributed by atoms with Gasteiger partial charge in [0.25, 0.3) is 0 Å². The third-order valence-corrected chi connectivity index (χ3v) is 4.37. The molecule has 0 bridgehead atoms. The van der Waals surface area contributed by atoms with Gasteiger partial charge in [-0.1, -0.05) is 60.7 Å². The van der Waals surface area contributed by atoms with Crippen LogP contribution < -0.4 is 11.1 Å². The zero-order valence-electron chi connectivity index (χ0n) is 15.6. The van der Waals surface area contributed by atoms with Crippen LogP contribution in [0.4, 0.5) is 0 Å². The molecule has 0 fully saturated rings. The normalized spacial score (nSPS) is 12.1. The second-order valence-corrected chi connectivity index (χ2v) is 6.59. The highest BCUT2D eigenvalue weighted by Gasteiger charge is 2.42. The van der Waals surface area contributed by atoms with Crippen LogP contribution in [0.25, 0.3) is 0 Å². The Labute approximate surface area is 163 Å². The van der Waals surface area contributed by atoms with Crippen LogP contribution in [0.2, 0.25) is 0 Å². The number of nitrogens with one attached hydrogen (secondary N) is 1. The lowest BCUT2D eigenvalue weighted by Crippen LogP contribution is -2.61. The largest absolute Gasteiger partial charge is 0.481 e. The van der Waals surface area contributed by atoms with E-state index in [4.69, 9.17) is 15.6 Å². The number of hydrogen-bond donors (Lipinski definition) is 3. The number of carbonyl (C=O) groups excluding carboxylic acids is 2. The molecule has 1 amide bonds. The van der Waals surface area contributed by atoms with Crippen molar-refractivity contribution in [1.82, 2.24) is 5.32 Å². The minimum atomic E-state index is -1.43. The lowest BCUT2D eigenvalue weighted by Gasteiger charge is -2.33. The predicted molar refractivity (Wildman–Crippen MR) is 103 cm³/mol. The van der Waals surface area contributed by atoms with Gasteiger partial charge in [0.1, 0.15) is 5.54 Å². The van der Waals surface area contributed by atoms with Gasteiger partial charge in [0.2, 0.25) is 5.91 Å². The fourth-order valence-electron chi connectivity index (χ4n) is 3.04. The number of ether oxygens (including phenoxy) is 1. The lowest BCUT2D eigenvalue weighted by atomic mass is 9.84. The molecule has 2 rings (SSSR count). The van der Waals surface area contributed by atoms with Gasteiger partial charge in [-0.2, -0.15) is 0 Å². The van der Waals surface area contributed by atoms with Gasteiger partial charge in [-0.15, -0.1) is 0 Å². The summed E-state index contributed by atoms with van der Waals surface area (Å²) in [5, 5.41) is 11.6. The first-order valence-corrected chi connectivity index (χ1v) is 8.82. The van der Waals surface area contributed by atoms with E-state index in [-0.39, 0.29) is 12.8 Å². The highest BCUT2D eigenvalue weighted by Crippen LogP contribution is 2.22. The van der Waals surface area contributed by atoms with Gasteiger partial charge in [0, 0.05) is 12.8 Å². The maximum Gasteiger partial charge on any atom is 0.332 e. The molecule has 0 radical (unpaired) electrons. The van der Waals surface area contributed by atoms with E-state index in [0.29, 0.717) is 0 Å². The van der Waals surface area contributed by atoms with Gasteiger partial charge in [0.15, 0.2) is 0 Å². The van der Waals surface area contributed by atoms with Crippen LogP contribution in [0, 0.1) is 0 Å². The van der Waals surface area contributed by atoms with E-state index in [1.807, 2.05) is 60.7 Å². The van der Waals surface area contributed by atoms with Crippen molar-refractivity contribution in [3.63, 3.8) is 0 Å². The standard InChI is InChI=1S/C21H24N2O5/c1-28-20(27)21(13-15-8-4-2-5-9-15,14-16-10-6-3-7-11-16)23-19(26)17(22)12-18(24)25/h2-11,17H,12-14,22H2,1H3,(H,23,26)(H,24,25). The van der Waals surface area contributed by atoms with Crippen molar-refractivity contribution in [3.05, 3.63) is 71.8 Å². The van der Waals surface area contributed by atoms with Gasteiger partial charge in [0.05, 0.1) is 19.6 Å². The van der Waals surface area contributed by atoms with Crippen LogP contribution >= 0.6 is 0 Å². The van der Waals surface area contributed by atoms with Gasteiger partial charge < -0.3 is 20.9 Å². The first kappa shape index (κ1) is 21.1. The summed E-state index contributed by atoms with van der Waals surface area (Å²) >= 11 is 0. The molecule has 0 aromatic heterocycles. The molecule has 2 aromatic carbocycles. The number of aliphatic carboxylic acids is 1. The van der Waals surface area contributed by atoms with Crippen molar-refractivity contribution in [1.29, 1.82) is 0 Å². The molecule has 0 saturated carbocycles. The maximum absolute atomic E-state index is 12.8. The molecule has 7 heteroatoms. The Morgan fingerprint density at radius 2 is 1.46 bits per heavy atom. The molecular formula is C21H24N2O5. The third-order valence-electron chi connectivity index (χ3n) is 4.37. The first-order valence-electron chi connectivity index (χ1n) is 8.82. The molecule has 148 valence electrons. The van der Waals surface area contributed by atoms with Crippen LogP contribution in [-0.4, -0.2) is 41.6 Å². The van der Waals surface area contributed by atoms with Crippen LogP contribution in [0.1, 0.15) is 17.5 Å². The molecule has 1 atom stereocenters. The average Bonchev–Trinajstić information content (AvgIpc) is 2.68. The number of rotatable bonds is 9. The quantitative estimate of drug-likeness (QED) is 0.561. The van der Waals surface area contributed by atoms with E-state index in [1.165, 1.54) is 7.11 Å². The summed E-state index contributed by atoms with van der Waals surface area (Å²) in [6.45, 7) is 0. The predicted octanol–water partition coefficient (Wildman–Crippen LogP) is 1.30. The summed E-state index contributed by atoms with van der Waals surface area (Å²) in [7, 11) is 1.25. The van der Waals surface area contributed by atoms with E-state index in [2.05, 4.69) is 5.32 Å². The molecule has 0 heterocycles. The summed E-state index contributed by atoms with van der Waals surface area (Å²) in [5.74, 6) is -2.55. The lowest BCUT2D eigenvalue weighted by molar-refractivity contribution is -0.151. The van der Waals surface area contributed by atoms with Crippen LogP contribution in [0.3, 0.4) is 0 Å². The summed E-state index contributed by atoms with van der Waals surface area (Å²) in [5.41, 5.74) is 5.91. The number of carboxylic acid groups (broad SMARTS) is 1. The smallest absolute Gasteiger partial charge is 0.332 e. The molecule has 0 aliphatic carbocycles. The number of methoxy groups -OCH3 is 1. The fraction of sp³-hybridized carbons (Fsp3) is 0.286. The first-order chi connectivity index (χ1) is 13.4. The van der Waals surface area contributed by atoms with E-state index < -0.39 is 35.8 Å². The van der Waals surface area contributed by atoms with Crippen molar-refractivity contribution in [2.45, 2.75) is 30.8 Å². The SMILES string of the molecule is COC(=O)C(Cc1ccccc1)(Cc1ccccc1)NC(=O)C(N)CC(=O)O. The topological polar surface area (TPSA) is 119 Å². The number of carboxylic acids is 1. The minimum absolute atomic E-state index is 0.168. The zero-order valence-corrected chi connectivity index (χ0v) is 15.6. The molecule has 2 aromatic rings. The Kier molecular flexibility index (Phi) is 7.28. The highest BCUT2D eigenvalue weighted by molar-refractivity contribution is 5.92. The summed E-state index contributed by atoms with van der Waals surface area (Å²) in [6.07, 6.45) is -0.207. The molecule has 0 aliphatic heterocycles. The van der Waals surface area contributed by atoms with Crippen molar-refractivity contribution < 1.29 is 24.2 Å². The van der Waals surface area contributed by atoms with E-state index in [0.717, 1.165) is 11.1 Å². The number of amides is 1. The Bertz CT molecular complexity index is 767. The fourth-order valence-corrected chi connectivity index (χ4v) is 3.04. The van der Waals surface area contributed by atoms with Crippen LogP contribution in [0.5, 0.6) is 0 Å². The van der Waals surface area contributed by atoms with Crippen LogP contribution in [0.15, 0.2) is 60.7 Å². The Morgan fingerprint density at radius 1 is 1.00 bits per heavy atom. The maximum atomic E-state index is 12.8. The zero-order chi connectivity index (χ0) is 20.6. The molecule has 7 nitrogen and oxygen atoms in total. The molecule has 28 heavy (non-hydrogen) atoms. The molecule has 0 spiro atoms. The number of esters is 1. The van der Waals surface area contributed by atoms with Gasteiger partial charge in [-0.05, 0) is 11.1 Å². The van der Waals surface area contributed by atoms with E-state index in [9.17, 15) is 14.4 Å². The molecule has 4 N–H and O–H groups in total. The van der Waals surface area contributed by atoms with Gasteiger partial charge in [-0.25, -0.2) is 4.79 Å². The summed E-state index contributed by atoms with van der Waals surface area (Å²) in [6, 6.07) is 17.1. The Morgan fingerprint density at radius 3 is 1.86 bits per heavy atom. The van der Waals surface area contributed by atoms with Crippen LogP contribution in [-0.2, 0) is 32.0 Å². The molecule has 0 aliphatic rings. The monoisotopic (exact) mass is 384 g/mol. The average molecular weight is 384 g/mol.